The van der Waals surface area contributed by atoms with Gasteiger partial charge < -0.3 is 15.2 Å². The summed E-state index contributed by atoms with van der Waals surface area (Å²) in [5, 5.41) is 4.59. The molecule has 0 aliphatic rings. The number of nitrogen functional groups attached to an aromatic ring is 1. The lowest BCUT2D eigenvalue weighted by Crippen LogP contribution is -2.07. The van der Waals surface area contributed by atoms with Gasteiger partial charge in [-0.3, -0.25) is 0 Å². The Morgan fingerprint density at radius 2 is 1.67 bits per heavy atom. The third-order valence-corrected chi connectivity index (χ3v) is 8.90. The van der Waals surface area contributed by atoms with Crippen LogP contribution in [0.3, 0.4) is 0 Å². The first-order chi connectivity index (χ1) is 20.2. The maximum atomic E-state index is 14.0. The molecular formula is C32H35N5O4S. The van der Waals surface area contributed by atoms with Gasteiger partial charge in [-0.05, 0) is 86.3 Å². The molecule has 0 radical (unpaired) electrons. The van der Waals surface area contributed by atoms with Gasteiger partial charge in [-0.15, -0.1) is 0 Å². The minimum absolute atomic E-state index is 0.0734. The first-order valence-corrected chi connectivity index (χ1v) is 15.6. The number of anilines is 1. The average Bonchev–Trinajstić information content (AvgIpc) is 3.25. The molecule has 0 unspecified atom stereocenters. The second-order valence-corrected chi connectivity index (χ2v) is 12.0. The largest absolute Gasteiger partial charge is 0.490 e. The van der Waals surface area contributed by atoms with Crippen molar-refractivity contribution in [3.8, 4) is 11.5 Å². The highest BCUT2D eigenvalue weighted by Gasteiger charge is 2.30. The Bertz CT molecular complexity index is 1900. The van der Waals surface area contributed by atoms with Crippen LogP contribution < -0.4 is 15.2 Å². The molecule has 5 aromatic rings. The fraction of sp³-hybridized carbons (Fsp3) is 0.281. The third kappa shape index (κ3) is 5.67. The van der Waals surface area contributed by atoms with Crippen LogP contribution in [0.25, 0.3) is 22.2 Å². The molecule has 10 heteroatoms. The molecule has 218 valence electrons. The number of unbranched alkanes of at least 4 members (excludes halogenated alkanes) is 2. The molecule has 0 bridgehead atoms. The van der Waals surface area contributed by atoms with Gasteiger partial charge >= 0.3 is 0 Å². The van der Waals surface area contributed by atoms with Crippen molar-refractivity contribution in [2.45, 2.75) is 56.7 Å². The molecule has 0 aliphatic carbocycles. The summed E-state index contributed by atoms with van der Waals surface area (Å²) in [6, 6.07) is 17.8. The van der Waals surface area contributed by atoms with Gasteiger partial charge in [0, 0.05) is 0 Å². The number of fused-ring (bicyclic) bond motifs is 2. The van der Waals surface area contributed by atoms with Gasteiger partial charge in [0.15, 0.2) is 17.1 Å². The van der Waals surface area contributed by atoms with E-state index in [4.69, 9.17) is 20.2 Å². The summed E-state index contributed by atoms with van der Waals surface area (Å²) in [6.45, 7) is 8.95. The van der Waals surface area contributed by atoms with Crippen molar-refractivity contribution in [2.24, 2.45) is 5.10 Å². The van der Waals surface area contributed by atoms with Crippen molar-refractivity contribution in [2.75, 3.05) is 18.9 Å². The topological polar surface area (TPSA) is 122 Å². The number of hydrogen-bond acceptors (Lipinski definition) is 8. The number of hydrogen-bond donors (Lipinski definition) is 1. The van der Waals surface area contributed by atoms with E-state index in [1.807, 2.05) is 57.2 Å². The predicted molar refractivity (Wildman–Crippen MR) is 166 cm³/mol. The average molecular weight is 586 g/mol. The molecule has 0 amide bonds. The van der Waals surface area contributed by atoms with E-state index in [0.29, 0.717) is 41.3 Å². The quantitative estimate of drug-likeness (QED) is 0.139. The fourth-order valence-electron chi connectivity index (χ4n) is 4.65. The van der Waals surface area contributed by atoms with Crippen LogP contribution in [-0.2, 0) is 9.84 Å². The number of sulfone groups is 1. The van der Waals surface area contributed by atoms with Crippen molar-refractivity contribution < 1.29 is 17.9 Å². The summed E-state index contributed by atoms with van der Waals surface area (Å²) < 4.78 is 41.1. The highest BCUT2D eigenvalue weighted by Crippen LogP contribution is 2.36. The normalized spacial score (nSPS) is 12.0. The van der Waals surface area contributed by atoms with E-state index in [1.165, 1.54) is 4.68 Å². The zero-order chi connectivity index (χ0) is 29.9. The van der Waals surface area contributed by atoms with E-state index >= 15 is 0 Å². The summed E-state index contributed by atoms with van der Waals surface area (Å²) >= 11 is 0. The van der Waals surface area contributed by atoms with Gasteiger partial charge in [-0.1, -0.05) is 38.0 Å². The van der Waals surface area contributed by atoms with E-state index in [-0.39, 0.29) is 26.8 Å². The van der Waals surface area contributed by atoms with E-state index in [0.717, 1.165) is 30.4 Å². The molecule has 0 aliphatic heterocycles. The van der Waals surface area contributed by atoms with Crippen LogP contribution in [0.1, 0.15) is 49.8 Å². The lowest BCUT2D eigenvalue weighted by molar-refractivity contribution is 0.271. The maximum Gasteiger partial charge on any atom is 0.212 e. The zero-order valence-electron chi connectivity index (χ0n) is 24.3. The van der Waals surface area contributed by atoms with Crippen LogP contribution in [0.2, 0.25) is 0 Å². The maximum absolute atomic E-state index is 14.0. The van der Waals surface area contributed by atoms with Crippen molar-refractivity contribution in [3.63, 3.8) is 0 Å². The molecule has 0 fully saturated rings. The molecule has 42 heavy (non-hydrogen) atoms. The summed E-state index contributed by atoms with van der Waals surface area (Å²) in [5.74, 6) is 1.19. The van der Waals surface area contributed by atoms with Gasteiger partial charge in [0.25, 0.3) is 0 Å². The van der Waals surface area contributed by atoms with Crippen LogP contribution in [-0.4, -0.2) is 42.5 Å². The molecule has 2 N–H and O–H groups in total. The summed E-state index contributed by atoms with van der Waals surface area (Å²) in [7, 11) is -4.06. The minimum Gasteiger partial charge on any atom is -0.490 e. The lowest BCUT2D eigenvalue weighted by Gasteiger charge is -2.12. The Labute approximate surface area is 245 Å². The summed E-state index contributed by atoms with van der Waals surface area (Å²) in [4.78, 5) is 9.41. The Hall–Kier alpha value is -4.44. The number of aromatic nitrogens is 3. The molecule has 0 atom stereocenters. The van der Waals surface area contributed by atoms with Crippen LogP contribution in [0.15, 0.2) is 75.6 Å². The van der Waals surface area contributed by atoms with Gasteiger partial charge in [0.05, 0.1) is 35.4 Å². The number of nitrogens with zero attached hydrogens (tertiary/aromatic N) is 4. The van der Waals surface area contributed by atoms with Crippen LogP contribution in [0.5, 0.6) is 11.5 Å². The Morgan fingerprint density at radius 1 is 0.905 bits per heavy atom. The number of rotatable bonds is 11. The zero-order valence-corrected chi connectivity index (χ0v) is 25.1. The molecule has 9 nitrogen and oxygen atoms in total. The Kier molecular flexibility index (Phi) is 8.44. The second kappa shape index (κ2) is 12.2. The van der Waals surface area contributed by atoms with Crippen LogP contribution >= 0.6 is 0 Å². The van der Waals surface area contributed by atoms with E-state index in [9.17, 15) is 8.42 Å². The number of nitrogens with two attached hydrogens (primary N) is 1. The molecule has 2 aromatic heterocycles. The summed E-state index contributed by atoms with van der Waals surface area (Å²) in [6.07, 6.45) is 4.76. The number of para-hydroxylation sites is 2. The Balaban J connectivity index is 1.62. The lowest BCUT2D eigenvalue weighted by atomic mass is 10.1. The fourth-order valence-corrected chi connectivity index (χ4v) is 6.22. The van der Waals surface area contributed by atoms with Gasteiger partial charge in [-0.25, -0.2) is 18.4 Å². The minimum atomic E-state index is -4.06. The van der Waals surface area contributed by atoms with Crippen molar-refractivity contribution in [1.82, 2.24) is 14.6 Å². The Morgan fingerprint density at radius 3 is 2.38 bits per heavy atom. The molecule has 3 aromatic carbocycles. The standard InChI is InChI=1S/C32H35N5O4S/c1-5-7-10-17-41-27-16-14-23(19-28(27)40-6-2)20-34-37-31(33)30(42(38,39)24-15-13-21(3)22(4)18-24)29-32(37)36-26-12-9-8-11-25(26)35-29/h8-9,11-16,18-20H,5-7,10,17,33H2,1-4H3/b34-20-. The molecule has 5 rings (SSSR count). The van der Waals surface area contributed by atoms with E-state index in [2.05, 4.69) is 17.0 Å². The van der Waals surface area contributed by atoms with Gasteiger partial charge in [0.1, 0.15) is 16.2 Å². The predicted octanol–water partition coefficient (Wildman–Crippen LogP) is 6.47. The summed E-state index contributed by atoms with van der Waals surface area (Å²) in [5.41, 5.74) is 10.7. The second-order valence-electron chi connectivity index (χ2n) is 10.1. The highest BCUT2D eigenvalue weighted by atomic mass is 32.2. The number of aryl methyl sites for hydroxylation is 2. The number of benzene rings is 3. The molecule has 0 saturated carbocycles. The molecule has 0 saturated heterocycles. The van der Waals surface area contributed by atoms with Crippen molar-refractivity contribution in [1.29, 1.82) is 0 Å². The van der Waals surface area contributed by atoms with E-state index < -0.39 is 9.84 Å². The first kappa shape index (κ1) is 29.1. The van der Waals surface area contributed by atoms with Gasteiger partial charge in [-0.2, -0.15) is 9.78 Å². The van der Waals surface area contributed by atoms with Crippen molar-refractivity contribution in [3.05, 3.63) is 77.4 Å². The molecular weight excluding hydrogens is 550 g/mol. The van der Waals surface area contributed by atoms with Crippen LogP contribution in [0.4, 0.5) is 5.82 Å². The third-order valence-electron chi connectivity index (χ3n) is 7.08. The monoisotopic (exact) mass is 585 g/mol. The van der Waals surface area contributed by atoms with Crippen molar-refractivity contribution >= 4 is 44.1 Å². The number of ether oxygens (including phenoxy) is 2. The SMILES string of the molecule is CCCCCOc1ccc(/C=N\n2c(N)c(S(=O)(=O)c3ccc(C)c(C)c3)c3nc4ccccc4nc32)cc1OCC. The first-order valence-electron chi connectivity index (χ1n) is 14.1. The van der Waals surface area contributed by atoms with Crippen LogP contribution in [0, 0.1) is 13.8 Å². The molecule has 2 heterocycles. The van der Waals surface area contributed by atoms with E-state index in [1.54, 1.807) is 30.5 Å². The highest BCUT2D eigenvalue weighted by molar-refractivity contribution is 7.92. The van der Waals surface area contributed by atoms with Gasteiger partial charge in [0.2, 0.25) is 9.84 Å². The molecule has 0 spiro atoms. The smallest absolute Gasteiger partial charge is 0.212 e.